The van der Waals surface area contributed by atoms with Crippen LogP contribution in [0.25, 0.3) is 16.9 Å². The highest BCUT2D eigenvalue weighted by Crippen LogP contribution is 2.24. The van der Waals surface area contributed by atoms with Crippen LogP contribution in [0.3, 0.4) is 0 Å². The molecule has 1 fully saturated rings. The molecule has 1 aliphatic rings. The smallest absolute Gasteiger partial charge is 0.0953 e. The van der Waals surface area contributed by atoms with Crippen molar-refractivity contribution in [3.05, 3.63) is 54.7 Å². The fourth-order valence-electron chi connectivity index (χ4n) is 3.42. The van der Waals surface area contributed by atoms with Gasteiger partial charge in [-0.1, -0.05) is 17.7 Å². The van der Waals surface area contributed by atoms with Gasteiger partial charge in [-0.2, -0.15) is 5.10 Å². The van der Waals surface area contributed by atoms with Crippen LogP contribution in [0.15, 0.2) is 49.2 Å². The molecule has 0 N–H and O–H groups in total. The van der Waals surface area contributed by atoms with E-state index >= 15 is 0 Å². The maximum absolute atomic E-state index is 5.45. The Morgan fingerprint density at radius 2 is 1.88 bits per heavy atom. The van der Waals surface area contributed by atoms with Crippen molar-refractivity contribution in [3.63, 3.8) is 0 Å². The first kappa shape index (κ1) is 17.0. The van der Waals surface area contributed by atoms with Gasteiger partial charge in [-0.3, -0.25) is 4.90 Å². The molecule has 1 aromatic carbocycles. The van der Waals surface area contributed by atoms with Crippen molar-refractivity contribution in [1.82, 2.24) is 24.2 Å². The van der Waals surface area contributed by atoms with Gasteiger partial charge in [0.2, 0.25) is 0 Å². The minimum absolute atomic E-state index is 0.341. The summed E-state index contributed by atoms with van der Waals surface area (Å²) in [6.07, 6.45) is 7.82. The lowest BCUT2D eigenvalue weighted by Gasteiger charge is -2.30. The highest BCUT2D eigenvalue weighted by molar-refractivity contribution is 5.57. The summed E-state index contributed by atoms with van der Waals surface area (Å²) in [4.78, 5) is 6.84. The van der Waals surface area contributed by atoms with E-state index < -0.39 is 0 Å². The number of ether oxygens (including phenoxy) is 1. The first-order chi connectivity index (χ1) is 12.7. The van der Waals surface area contributed by atoms with Crippen molar-refractivity contribution in [3.8, 4) is 16.9 Å². The molecule has 0 bridgehead atoms. The van der Waals surface area contributed by atoms with Crippen LogP contribution in [0, 0.1) is 6.92 Å². The molecule has 3 aromatic rings. The van der Waals surface area contributed by atoms with E-state index in [4.69, 9.17) is 4.74 Å². The summed E-state index contributed by atoms with van der Waals surface area (Å²) in [5.74, 6) is 0. The Bertz CT molecular complexity index is 845. The molecule has 0 amide bonds. The van der Waals surface area contributed by atoms with Gasteiger partial charge in [0.1, 0.15) is 0 Å². The SMILES string of the molecule is Cc1ccc(-n2cc(-c3cncn3[C@H](C)CN3CCOCC3)cn2)cc1. The number of aryl methyl sites for hydroxylation is 1. The fourth-order valence-corrected chi connectivity index (χ4v) is 3.42. The lowest BCUT2D eigenvalue weighted by Crippen LogP contribution is -2.39. The Morgan fingerprint density at radius 1 is 1.12 bits per heavy atom. The summed E-state index contributed by atoms with van der Waals surface area (Å²) in [6.45, 7) is 8.98. The Hall–Kier alpha value is -2.44. The van der Waals surface area contributed by atoms with Gasteiger partial charge in [0.15, 0.2) is 0 Å². The number of hydrogen-bond acceptors (Lipinski definition) is 4. The number of benzene rings is 1. The van der Waals surface area contributed by atoms with Gasteiger partial charge in [-0.25, -0.2) is 9.67 Å². The van der Waals surface area contributed by atoms with Crippen LogP contribution in [-0.4, -0.2) is 57.1 Å². The Labute approximate surface area is 154 Å². The molecule has 6 nitrogen and oxygen atoms in total. The Balaban J connectivity index is 1.54. The molecule has 0 spiro atoms. The first-order valence-electron chi connectivity index (χ1n) is 9.15. The zero-order valence-corrected chi connectivity index (χ0v) is 15.4. The number of hydrogen-bond donors (Lipinski definition) is 0. The number of imidazole rings is 1. The zero-order chi connectivity index (χ0) is 17.9. The molecule has 136 valence electrons. The van der Waals surface area contributed by atoms with E-state index in [0.29, 0.717) is 6.04 Å². The molecule has 1 atom stereocenters. The third kappa shape index (κ3) is 3.57. The van der Waals surface area contributed by atoms with Gasteiger partial charge >= 0.3 is 0 Å². The second-order valence-corrected chi connectivity index (χ2v) is 6.96. The molecule has 0 radical (unpaired) electrons. The van der Waals surface area contributed by atoms with Gasteiger partial charge in [-0.05, 0) is 26.0 Å². The van der Waals surface area contributed by atoms with E-state index in [1.165, 1.54) is 5.56 Å². The largest absolute Gasteiger partial charge is 0.379 e. The minimum Gasteiger partial charge on any atom is -0.379 e. The summed E-state index contributed by atoms with van der Waals surface area (Å²) in [7, 11) is 0. The van der Waals surface area contributed by atoms with E-state index in [-0.39, 0.29) is 0 Å². The molecular formula is C20H25N5O. The van der Waals surface area contributed by atoms with Crippen molar-refractivity contribution < 1.29 is 4.74 Å². The number of rotatable bonds is 5. The van der Waals surface area contributed by atoms with Gasteiger partial charge in [0, 0.05) is 37.4 Å². The zero-order valence-electron chi connectivity index (χ0n) is 15.4. The second-order valence-electron chi connectivity index (χ2n) is 6.96. The highest BCUT2D eigenvalue weighted by atomic mass is 16.5. The predicted octanol–water partition coefficient (Wildman–Crippen LogP) is 2.94. The average molecular weight is 351 g/mol. The lowest BCUT2D eigenvalue weighted by atomic mass is 10.2. The molecule has 4 rings (SSSR count). The van der Waals surface area contributed by atoms with Crippen LogP contribution in [0.4, 0.5) is 0 Å². The number of aromatic nitrogens is 4. The summed E-state index contributed by atoms with van der Waals surface area (Å²) in [5, 5.41) is 4.54. The molecule has 2 aromatic heterocycles. The van der Waals surface area contributed by atoms with E-state index in [0.717, 1.165) is 49.8 Å². The van der Waals surface area contributed by atoms with E-state index in [9.17, 15) is 0 Å². The minimum atomic E-state index is 0.341. The quantitative estimate of drug-likeness (QED) is 0.709. The third-order valence-electron chi connectivity index (χ3n) is 4.94. The van der Waals surface area contributed by atoms with Crippen LogP contribution in [-0.2, 0) is 4.74 Å². The van der Waals surface area contributed by atoms with Gasteiger partial charge in [-0.15, -0.1) is 0 Å². The van der Waals surface area contributed by atoms with Crippen molar-refractivity contribution in [2.24, 2.45) is 0 Å². The standard InChI is InChI=1S/C20H25N5O/c1-16-3-5-19(6-4-16)25-14-18(11-22-25)20-12-21-15-24(20)17(2)13-23-7-9-26-10-8-23/h3-6,11-12,14-15,17H,7-10,13H2,1-2H3/t17-/m1/s1. The summed E-state index contributed by atoms with van der Waals surface area (Å²) >= 11 is 0. The molecule has 1 saturated heterocycles. The molecule has 26 heavy (non-hydrogen) atoms. The van der Waals surface area contributed by atoms with E-state index in [2.05, 4.69) is 63.9 Å². The van der Waals surface area contributed by atoms with E-state index in [1.807, 2.05) is 23.4 Å². The second kappa shape index (κ2) is 7.43. The van der Waals surface area contributed by atoms with E-state index in [1.54, 1.807) is 0 Å². The van der Waals surface area contributed by atoms with Crippen molar-refractivity contribution in [2.45, 2.75) is 19.9 Å². The normalized spacial score (nSPS) is 16.7. The van der Waals surface area contributed by atoms with Crippen LogP contribution >= 0.6 is 0 Å². The fraction of sp³-hybridized carbons (Fsp3) is 0.400. The number of nitrogens with zero attached hydrogens (tertiary/aromatic N) is 5. The predicted molar refractivity (Wildman–Crippen MR) is 101 cm³/mol. The topological polar surface area (TPSA) is 48.1 Å². The van der Waals surface area contributed by atoms with Gasteiger partial charge < -0.3 is 9.30 Å². The lowest BCUT2D eigenvalue weighted by molar-refractivity contribution is 0.0326. The Morgan fingerprint density at radius 3 is 2.65 bits per heavy atom. The molecule has 1 aliphatic heterocycles. The summed E-state index contributed by atoms with van der Waals surface area (Å²) < 4.78 is 9.60. The molecule has 0 aliphatic carbocycles. The monoisotopic (exact) mass is 351 g/mol. The molecular weight excluding hydrogens is 326 g/mol. The van der Waals surface area contributed by atoms with Gasteiger partial charge in [0.25, 0.3) is 0 Å². The van der Waals surface area contributed by atoms with Crippen LogP contribution in [0.5, 0.6) is 0 Å². The molecule has 0 unspecified atom stereocenters. The van der Waals surface area contributed by atoms with Crippen molar-refractivity contribution in [1.29, 1.82) is 0 Å². The van der Waals surface area contributed by atoms with Crippen LogP contribution in [0.2, 0.25) is 0 Å². The van der Waals surface area contributed by atoms with Crippen LogP contribution < -0.4 is 0 Å². The van der Waals surface area contributed by atoms with Gasteiger partial charge in [0.05, 0.1) is 43.3 Å². The molecule has 0 saturated carbocycles. The average Bonchev–Trinajstić information content (AvgIpc) is 3.32. The maximum atomic E-state index is 5.45. The third-order valence-corrected chi connectivity index (χ3v) is 4.94. The summed E-state index contributed by atoms with van der Waals surface area (Å²) in [6, 6.07) is 8.72. The maximum Gasteiger partial charge on any atom is 0.0953 e. The number of morpholine rings is 1. The van der Waals surface area contributed by atoms with Crippen LogP contribution in [0.1, 0.15) is 18.5 Å². The molecule has 6 heteroatoms. The van der Waals surface area contributed by atoms with Crippen molar-refractivity contribution in [2.75, 3.05) is 32.8 Å². The highest BCUT2D eigenvalue weighted by Gasteiger charge is 2.18. The van der Waals surface area contributed by atoms with Crippen molar-refractivity contribution >= 4 is 0 Å². The first-order valence-corrected chi connectivity index (χ1v) is 9.15. The molecule has 3 heterocycles. The summed E-state index contributed by atoms with van der Waals surface area (Å²) in [5.41, 5.74) is 4.49. The Kier molecular flexibility index (Phi) is 4.86.